The molecule has 0 aromatic carbocycles. The van der Waals surface area contributed by atoms with Crippen molar-refractivity contribution in [1.29, 1.82) is 0 Å². The van der Waals surface area contributed by atoms with Crippen molar-refractivity contribution in [2.75, 3.05) is 13.2 Å². The highest BCUT2D eigenvalue weighted by molar-refractivity contribution is 4.92. The molecule has 0 bridgehead atoms. The fraction of sp³-hybridized carbons (Fsp3) is 0.714. The second kappa shape index (κ2) is 5.63. The van der Waals surface area contributed by atoms with E-state index in [1.807, 2.05) is 13.8 Å². The SMILES string of the molecule is CCO/C=C(/C)CCN. The molecule has 54 valence electrons. The standard InChI is InChI=1S/C7H15NO/c1-3-9-6-7(2)4-5-8/h6H,3-5,8H2,1-2H3/b7-6-. The van der Waals surface area contributed by atoms with E-state index < -0.39 is 0 Å². The first kappa shape index (κ1) is 8.50. The molecule has 2 nitrogen and oxygen atoms in total. The summed E-state index contributed by atoms with van der Waals surface area (Å²) in [4.78, 5) is 0. The smallest absolute Gasteiger partial charge is 0.0845 e. The zero-order chi connectivity index (χ0) is 7.11. The molecular formula is C7H15NO. The van der Waals surface area contributed by atoms with Crippen molar-refractivity contribution in [1.82, 2.24) is 0 Å². The number of hydrogen-bond donors (Lipinski definition) is 1. The summed E-state index contributed by atoms with van der Waals surface area (Å²) in [6.07, 6.45) is 2.70. The Bertz CT molecular complexity index is 88.9. The molecule has 9 heavy (non-hydrogen) atoms. The van der Waals surface area contributed by atoms with Gasteiger partial charge in [0.1, 0.15) is 0 Å². The molecule has 0 aromatic heterocycles. The largest absolute Gasteiger partial charge is 0.502 e. The molecule has 0 fully saturated rings. The lowest BCUT2D eigenvalue weighted by Crippen LogP contribution is -1.98. The Hall–Kier alpha value is -0.500. The Labute approximate surface area is 56.7 Å². The van der Waals surface area contributed by atoms with Crippen LogP contribution in [-0.2, 0) is 4.74 Å². The van der Waals surface area contributed by atoms with Crippen LogP contribution < -0.4 is 5.73 Å². The lowest BCUT2D eigenvalue weighted by atomic mass is 10.2. The van der Waals surface area contributed by atoms with Crippen molar-refractivity contribution in [3.63, 3.8) is 0 Å². The van der Waals surface area contributed by atoms with Crippen LogP contribution in [0.5, 0.6) is 0 Å². The van der Waals surface area contributed by atoms with Crippen LogP contribution in [0.1, 0.15) is 20.3 Å². The van der Waals surface area contributed by atoms with Gasteiger partial charge >= 0.3 is 0 Å². The lowest BCUT2D eigenvalue weighted by Gasteiger charge is -1.97. The fourth-order valence-electron chi connectivity index (χ4n) is 0.512. The van der Waals surface area contributed by atoms with Gasteiger partial charge in [0, 0.05) is 0 Å². The first-order valence-corrected chi connectivity index (χ1v) is 3.28. The van der Waals surface area contributed by atoms with Gasteiger partial charge in [-0.05, 0) is 32.4 Å². The summed E-state index contributed by atoms with van der Waals surface area (Å²) in [6.45, 7) is 5.42. The van der Waals surface area contributed by atoms with E-state index in [0.29, 0.717) is 6.54 Å². The third-order valence-electron chi connectivity index (χ3n) is 0.990. The summed E-state index contributed by atoms with van der Waals surface area (Å²) < 4.78 is 5.03. The molecule has 2 heteroatoms. The second-order valence-corrected chi connectivity index (χ2v) is 1.96. The summed E-state index contributed by atoms with van der Waals surface area (Å²) in [5.41, 5.74) is 6.51. The number of nitrogens with two attached hydrogens (primary N) is 1. The average molecular weight is 129 g/mol. The van der Waals surface area contributed by atoms with E-state index in [1.165, 1.54) is 5.57 Å². The van der Waals surface area contributed by atoms with Crippen LogP contribution >= 0.6 is 0 Å². The molecule has 0 aliphatic carbocycles. The predicted molar refractivity (Wildman–Crippen MR) is 39.1 cm³/mol. The van der Waals surface area contributed by atoms with E-state index in [0.717, 1.165) is 13.0 Å². The van der Waals surface area contributed by atoms with E-state index in [4.69, 9.17) is 10.5 Å². The summed E-state index contributed by atoms with van der Waals surface area (Å²) in [5.74, 6) is 0. The van der Waals surface area contributed by atoms with Gasteiger partial charge in [-0.25, -0.2) is 0 Å². The van der Waals surface area contributed by atoms with Gasteiger partial charge in [0.15, 0.2) is 0 Å². The maximum absolute atomic E-state index is 5.30. The highest BCUT2D eigenvalue weighted by Gasteiger charge is 1.84. The maximum atomic E-state index is 5.30. The van der Waals surface area contributed by atoms with Crippen molar-refractivity contribution >= 4 is 0 Å². The van der Waals surface area contributed by atoms with Crippen LogP contribution in [-0.4, -0.2) is 13.2 Å². The molecular weight excluding hydrogens is 114 g/mol. The molecule has 0 aliphatic rings. The average Bonchev–Trinajstić information content (AvgIpc) is 1.85. The number of rotatable bonds is 4. The summed E-state index contributed by atoms with van der Waals surface area (Å²) >= 11 is 0. The van der Waals surface area contributed by atoms with Gasteiger partial charge in [-0.1, -0.05) is 0 Å². The van der Waals surface area contributed by atoms with Gasteiger partial charge in [-0.3, -0.25) is 0 Å². The molecule has 0 rings (SSSR count). The monoisotopic (exact) mass is 129 g/mol. The van der Waals surface area contributed by atoms with Crippen molar-refractivity contribution < 1.29 is 4.74 Å². The topological polar surface area (TPSA) is 35.2 Å². The van der Waals surface area contributed by atoms with Crippen LogP contribution in [0, 0.1) is 0 Å². The third kappa shape index (κ3) is 5.37. The van der Waals surface area contributed by atoms with E-state index in [2.05, 4.69) is 0 Å². The van der Waals surface area contributed by atoms with Crippen LogP contribution in [0.25, 0.3) is 0 Å². The van der Waals surface area contributed by atoms with E-state index in [1.54, 1.807) is 6.26 Å². The normalized spacial score (nSPS) is 11.7. The predicted octanol–water partition coefficient (Wildman–Crippen LogP) is 1.28. The van der Waals surface area contributed by atoms with Crippen LogP contribution in [0.3, 0.4) is 0 Å². The molecule has 0 saturated carbocycles. The highest BCUT2D eigenvalue weighted by atomic mass is 16.5. The Kier molecular flexibility index (Phi) is 5.32. The molecule has 0 aliphatic heterocycles. The third-order valence-corrected chi connectivity index (χ3v) is 0.990. The van der Waals surface area contributed by atoms with Gasteiger partial charge < -0.3 is 10.5 Å². The molecule has 0 unspecified atom stereocenters. The Morgan fingerprint density at radius 3 is 2.78 bits per heavy atom. The van der Waals surface area contributed by atoms with Gasteiger partial charge in [0.05, 0.1) is 12.9 Å². The first-order valence-electron chi connectivity index (χ1n) is 3.28. The minimum atomic E-state index is 0.704. The lowest BCUT2D eigenvalue weighted by molar-refractivity contribution is 0.265. The van der Waals surface area contributed by atoms with Crippen LogP contribution in [0.4, 0.5) is 0 Å². The molecule has 0 aromatic rings. The number of ether oxygens (including phenoxy) is 1. The minimum absolute atomic E-state index is 0.704. The van der Waals surface area contributed by atoms with Crippen LogP contribution in [0.2, 0.25) is 0 Å². The summed E-state index contributed by atoms with van der Waals surface area (Å²) in [5, 5.41) is 0. The van der Waals surface area contributed by atoms with Crippen molar-refractivity contribution in [2.45, 2.75) is 20.3 Å². The van der Waals surface area contributed by atoms with Gasteiger partial charge in [0.25, 0.3) is 0 Å². The molecule has 0 saturated heterocycles. The van der Waals surface area contributed by atoms with Crippen molar-refractivity contribution in [2.24, 2.45) is 5.73 Å². The van der Waals surface area contributed by atoms with E-state index in [9.17, 15) is 0 Å². The maximum Gasteiger partial charge on any atom is 0.0845 e. The van der Waals surface area contributed by atoms with Gasteiger partial charge in [0.2, 0.25) is 0 Å². The fourth-order valence-corrected chi connectivity index (χ4v) is 0.512. The molecule has 0 radical (unpaired) electrons. The summed E-state index contributed by atoms with van der Waals surface area (Å²) in [6, 6.07) is 0. The molecule has 0 spiro atoms. The molecule has 0 heterocycles. The molecule has 0 atom stereocenters. The number of hydrogen-bond acceptors (Lipinski definition) is 2. The van der Waals surface area contributed by atoms with E-state index >= 15 is 0 Å². The zero-order valence-electron chi connectivity index (χ0n) is 6.18. The molecule has 0 amide bonds. The van der Waals surface area contributed by atoms with Crippen molar-refractivity contribution in [3.05, 3.63) is 11.8 Å². The highest BCUT2D eigenvalue weighted by Crippen LogP contribution is 1.96. The minimum Gasteiger partial charge on any atom is -0.502 e. The quantitative estimate of drug-likeness (QED) is 0.580. The van der Waals surface area contributed by atoms with E-state index in [-0.39, 0.29) is 0 Å². The van der Waals surface area contributed by atoms with Crippen LogP contribution in [0.15, 0.2) is 11.8 Å². The Morgan fingerprint density at radius 2 is 2.33 bits per heavy atom. The molecule has 2 N–H and O–H groups in total. The second-order valence-electron chi connectivity index (χ2n) is 1.96. The first-order chi connectivity index (χ1) is 4.31. The Morgan fingerprint density at radius 1 is 1.67 bits per heavy atom. The van der Waals surface area contributed by atoms with Gasteiger partial charge in [-0.15, -0.1) is 0 Å². The van der Waals surface area contributed by atoms with Crippen molar-refractivity contribution in [3.8, 4) is 0 Å². The van der Waals surface area contributed by atoms with Gasteiger partial charge in [-0.2, -0.15) is 0 Å². The zero-order valence-corrected chi connectivity index (χ0v) is 6.18. The summed E-state index contributed by atoms with van der Waals surface area (Å²) in [7, 11) is 0. The Balaban J connectivity index is 3.30.